The first-order valence-electron chi connectivity index (χ1n) is 3.67. The number of hydrogen-bond donors (Lipinski definition) is 2. The monoisotopic (exact) mass is 216 g/mol. The molecule has 0 saturated heterocycles. The lowest BCUT2D eigenvalue weighted by Gasteiger charge is -2.10. The van der Waals surface area contributed by atoms with Gasteiger partial charge in [0.05, 0.1) is 5.02 Å². The van der Waals surface area contributed by atoms with E-state index in [1.165, 1.54) is 0 Å². The highest BCUT2D eigenvalue weighted by molar-refractivity contribution is 6.30. The van der Waals surface area contributed by atoms with Gasteiger partial charge in [0.25, 0.3) is 0 Å². The second kappa shape index (κ2) is 4.38. The molecule has 0 aliphatic carbocycles. The molecule has 74 valence electrons. The maximum atomic E-state index is 13.2. The van der Waals surface area contributed by atoms with Crippen molar-refractivity contribution < 1.29 is 8.78 Å². The van der Waals surface area contributed by atoms with Gasteiger partial charge in [-0.15, -0.1) is 6.42 Å². The zero-order valence-corrected chi connectivity index (χ0v) is 7.78. The predicted octanol–water partition coefficient (Wildman–Crippen LogP) is 1.76. The normalized spacial score (nSPS) is 12.2. The van der Waals surface area contributed by atoms with Gasteiger partial charge in [-0.1, -0.05) is 17.5 Å². The fourth-order valence-corrected chi connectivity index (χ4v) is 1.14. The minimum absolute atomic E-state index is 0.0445. The van der Waals surface area contributed by atoms with E-state index < -0.39 is 17.7 Å². The maximum absolute atomic E-state index is 13.2. The second-order valence-corrected chi connectivity index (χ2v) is 2.96. The maximum Gasteiger partial charge on any atom is 0.142 e. The lowest BCUT2D eigenvalue weighted by Crippen LogP contribution is -2.27. The van der Waals surface area contributed by atoms with E-state index >= 15 is 0 Å². The summed E-state index contributed by atoms with van der Waals surface area (Å²) in [6.45, 7) is 0. The first-order chi connectivity index (χ1) is 6.60. The van der Waals surface area contributed by atoms with Crippen LogP contribution in [0.25, 0.3) is 0 Å². The topological polar surface area (TPSA) is 38.0 Å². The van der Waals surface area contributed by atoms with Crippen LogP contribution < -0.4 is 11.3 Å². The van der Waals surface area contributed by atoms with Crippen molar-refractivity contribution in [3.05, 3.63) is 34.4 Å². The summed E-state index contributed by atoms with van der Waals surface area (Å²) < 4.78 is 26.2. The molecule has 0 saturated carbocycles. The smallest absolute Gasteiger partial charge is 0.142 e. The average Bonchev–Trinajstić information content (AvgIpc) is 2.15. The van der Waals surface area contributed by atoms with E-state index in [1.54, 1.807) is 0 Å². The molecule has 0 amide bonds. The van der Waals surface area contributed by atoms with Gasteiger partial charge in [0.2, 0.25) is 0 Å². The number of halogens is 3. The lowest BCUT2D eigenvalue weighted by atomic mass is 10.1. The number of nitrogens with two attached hydrogens (primary N) is 1. The SMILES string of the molecule is C#CC(NN)c1cc(F)c(Cl)cc1F. The Hall–Kier alpha value is -1.15. The van der Waals surface area contributed by atoms with Crippen LogP contribution in [-0.2, 0) is 0 Å². The molecule has 0 fully saturated rings. The molecular weight excluding hydrogens is 210 g/mol. The predicted molar refractivity (Wildman–Crippen MR) is 50.3 cm³/mol. The van der Waals surface area contributed by atoms with Crippen LogP contribution in [0.15, 0.2) is 12.1 Å². The summed E-state index contributed by atoms with van der Waals surface area (Å²) in [4.78, 5) is 0. The summed E-state index contributed by atoms with van der Waals surface area (Å²) >= 11 is 5.36. The van der Waals surface area contributed by atoms with E-state index in [0.717, 1.165) is 12.1 Å². The number of nitrogens with one attached hydrogen (secondary N) is 1. The number of hydrogen-bond acceptors (Lipinski definition) is 2. The van der Waals surface area contributed by atoms with Crippen molar-refractivity contribution in [2.75, 3.05) is 0 Å². The molecule has 0 aliphatic heterocycles. The zero-order valence-electron chi connectivity index (χ0n) is 7.02. The lowest BCUT2D eigenvalue weighted by molar-refractivity contribution is 0.558. The quantitative estimate of drug-likeness (QED) is 0.342. The molecular formula is C9H7ClF2N2. The zero-order chi connectivity index (χ0) is 10.7. The van der Waals surface area contributed by atoms with Crippen LogP contribution in [0.2, 0.25) is 5.02 Å². The van der Waals surface area contributed by atoms with Crippen molar-refractivity contribution in [2.24, 2.45) is 5.84 Å². The van der Waals surface area contributed by atoms with Crippen LogP contribution in [0.1, 0.15) is 11.6 Å². The molecule has 1 atom stereocenters. The number of benzene rings is 1. The van der Waals surface area contributed by atoms with Gasteiger partial charge in [-0.25, -0.2) is 14.2 Å². The van der Waals surface area contributed by atoms with Gasteiger partial charge in [0.15, 0.2) is 0 Å². The summed E-state index contributed by atoms with van der Waals surface area (Å²) in [5.74, 6) is 5.79. The minimum Gasteiger partial charge on any atom is -0.270 e. The summed E-state index contributed by atoms with van der Waals surface area (Å²) in [5, 5.41) is -0.293. The molecule has 2 nitrogen and oxygen atoms in total. The fourth-order valence-electron chi connectivity index (χ4n) is 0.987. The van der Waals surface area contributed by atoms with Gasteiger partial charge < -0.3 is 0 Å². The van der Waals surface area contributed by atoms with Gasteiger partial charge >= 0.3 is 0 Å². The Kier molecular flexibility index (Phi) is 3.42. The van der Waals surface area contributed by atoms with Crippen molar-refractivity contribution in [3.63, 3.8) is 0 Å². The highest BCUT2D eigenvalue weighted by Gasteiger charge is 2.14. The minimum atomic E-state index is -0.873. The van der Waals surface area contributed by atoms with E-state index in [2.05, 4.69) is 11.3 Å². The van der Waals surface area contributed by atoms with Crippen LogP contribution in [0.4, 0.5) is 8.78 Å². The Morgan fingerprint density at radius 3 is 2.57 bits per heavy atom. The van der Waals surface area contributed by atoms with Gasteiger partial charge in [0.1, 0.15) is 17.7 Å². The highest BCUT2D eigenvalue weighted by atomic mass is 35.5. The largest absolute Gasteiger partial charge is 0.270 e. The first-order valence-corrected chi connectivity index (χ1v) is 4.04. The molecule has 1 aromatic carbocycles. The molecule has 0 bridgehead atoms. The van der Waals surface area contributed by atoms with Crippen LogP contribution in [0.3, 0.4) is 0 Å². The van der Waals surface area contributed by atoms with Crippen LogP contribution in [-0.4, -0.2) is 0 Å². The Morgan fingerprint density at radius 1 is 1.43 bits per heavy atom. The Labute approximate surface area is 85.0 Å². The molecule has 0 spiro atoms. The van der Waals surface area contributed by atoms with Gasteiger partial charge in [0, 0.05) is 5.56 Å². The van der Waals surface area contributed by atoms with E-state index in [9.17, 15) is 8.78 Å². The molecule has 0 heterocycles. The Balaban J connectivity index is 3.22. The summed E-state index contributed by atoms with van der Waals surface area (Å²) in [5.41, 5.74) is 2.13. The van der Waals surface area contributed by atoms with E-state index in [-0.39, 0.29) is 10.6 Å². The molecule has 1 rings (SSSR count). The van der Waals surface area contributed by atoms with E-state index in [0.29, 0.717) is 0 Å². The van der Waals surface area contributed by atoms with Gasteiger partial charge in [-0.3, -0.25) is 5.84 Å². The molecule has 0 aliphatic rings. The van der Waals surface area contributed by atoms with Gasteiger partial charge in [-0.2, -0.15) is 0 Å². The molecule has 1 unspecified atom stereocenters. The summed E-state index contributed by atoms with van der Waals surface area (Å²) in [6, 6.07) is 0.900. The highest BCUT2D eigenvalue weighted by Crippen LogP contribution is 2.23. The van der Waals surface area contributed by atoms with E-state index in [1.807, 2.05) is 0 Å². The first kappa shape index (κ1) is 10.9. The molecule has 0 radical (unpaired) electrons. The third kappa shape index (κ3) is 2.02. The van der Waals surface area contributed by atoms with Crippen LogP contribution >= 0.6 is 11.6 Å². The Morgan fingerprint density at radius 2 is 2.07 bits per heavy atom. The third-order valence-electron chi connectivity index (χ3n) is 1.68. The van der Waals surface area contributed by atoms with Crippen LogP contribution in [0, 0.1) is 24.0 Å². The summed E-state index contributed by atoms with van der Waals surface area (Å²) in [6.07, 6.45) is 5.06. The molecule has 1 aromatic rings. The Bertz CT molecular complexity index is 387. The van der Waals surface area contributed by atoms with Gasteiger partial charge in [-0.05, 0) is 12.1 Å². The number of hydrazine groups is 1. The molecule has 5 heteroatoms. The van der Waals surface area contributed by atoms with Crippen LogP contribution in [0.5, 0.6) is 0 Å². The fraction of sp³-hybridized carbons (Fsp3) is 0.111. The molecule has 0 aromatic heterocycles. The van der Waals surface area contributed by atoms with Crippen molar-refractivity contribution >= 4 is 11.6 Å². The van der Waals surface area contributed by atoms with Crippen molar-refractivity contribution in [2.45, 2.75) is 6.04 Å². The van der Waals surface area contributed by atoms with Crippen molar-refractivity contribution in [1.82, 2.24) is 5.43 Å². The van der Waals surface area contributed by atoms with Crippen molar-refractivity contribution in [3.8, 4) is 12.3 Å². The third-order valence-corrected chi connectivity index (χ3v) is 1.97. The second-order valence-electron chi connectivity index (χ2n) is 2.55. The summed E-state index contributed by atoms with van der Waals surface area (Å²) in [7, 11) is 0. The molecule has 14 heavy (non-hydrogen) atoms. The number of terminal acetylenes is 1. The van der Waals surface area contributed by atoms with E-state index in [4.69, 9.17) is 23.9 Å². The molecule has 3 N–H and O–H groups in total. The van der Waals surface area contributed by atoms with Crippen molar-refractivity contribution in [1.29, 1.82) is 0 Å². The standard InChI is InChI=1S/C9H7ClF2N2/c1-2-9(14-13)5-3-8(12)6(10)4-7(5)11/h1,3-4,9,14H,13H2. The number of rotatable bonds is 2. The average molecular weight is 217 g/mol.